The molecule has 1 atom stereocenters. The minimum absolute atomic E-state index is 0.579. The van der Waals surface area contributed by atoms with E-state index in [-0.39, 0.29) is 0 Å². The molecule has 2 aliphatic carbocycles. The van der Waals surface area contributed by atoms with Crippen molar-refractivity contribution in [2.24, 2.45) is 0 Å². The van der Waals surface area contributed by atoms with Gasteiger partial charge in [-0.25, -0.2) is 0 Å². The standard InChI is InChI=1S/C15H28N2O/c1-2-6-15(5-1)18-11-10-17-9-3-4-14(12-17)16-13-7-8-13/h13-16H,1-12H2. The average molecular weight is 252 g/mol. The van der Waals surface area contributed by atoms with Gasteiger partial charge >= 0.3 is 0 Å². The van der Waals surface area contributed by atoms with Crippen LogP contribution in [0.15, 0.2) is 0 Å². The maximum atomic E-state index is 5.97. The van der Waals surface area contributed by atoms with Crippen LogP contribution in [0.4, 0.5) is 0 Å². The Morgan fingerprint density at radius 2 is 1.78 bits per heavy atom. The number of ether oxygens (including phenoxy) is 1. The number of likely N-dealkylation sites (tertiary alicyclic amines) is 1. The lowest BCUT2D eigenvalue weighted by molar-refractivity contribution is 0.0359. The molecular formula is C15H28N2O. The average Bonchev–Trinajstić information content (AvgIpc) is 3.04. The molecule has 1 unspecified atom stereocenters. The topological polar surface area (TPSA) is 24.5 Å². The van der Waals surface area contributed by atoms with Crippen molar-refractivity contribution in [3.63, 3.8) is 0 Å². The van der Waals surface area contributed by atoms with Crippen LogP contribution in [0.5, 0.6) is 0 Å². The molecule has 3 rings (SSSR count). The molecule has 3 aliphatic rings. The van der Waals surface area contributed by atoms with Gasteiger partial charge < -0.3 is 10.1 Å². The van der Waals surface area contributed by atoms with Crippen LogP contribution in [0.3, 0.4) is 0 Å². The Hall–Kier alpha value is -0.120. The molecule has 0 bridgehead atoms. The highest BCUT2D eigenvalue weighted by molar-refractivity contribution is 4.88. The molecule has 2 saturated carbocycles. The smallest absolute Gasteiger partial charge is 0.0597 e. The minimum Gasteiger partial charge on any atom is -0.377 e. The van der Waals surface area contributed by atoms with E-state index in [1.165, 1.54) is 64.5 Å². The molecule has 1 N–H and O–H groups in total. The number of nitrogens with zero attached hydrogens (tertiary/aromatic N) is 1. The molecule has 1 aliphatic heterocycles. The van der Waals surface area contributed by atoms with Crippen LogP contribution in [-0.2, 0) is 4.74 Å². The highest BCUT2D eigenvalue weighted by Gasteiger charge is 2.27. The van der Waals surface area contributed by atoms with Crippen LogP contribution in [-0.4, -0.2) is 49.3 Å². The highest BCUT2D eigenvalue weighted by atomic mass is 16.5. The van der Waals surface area contributed by atoms with E-state index in [0.717, 1.165) is 25.2 Å². The third kappa shape index (κ3) is 3.94. The van der Waals surface area contributed by atoms with Crippen LogP contribution >= 0.6 is 0 Å². The molecule has 0 radical (unpaired) electrons. The summed E-state index contributed by atoms with van der Waals surface area (Å²) in [5.41, 5.74) is 0. The molecule has 0 aromatic carbocycles. The van der Waals surface area contributed by atoms with Crippen molar-refractivity contribution in [1.29, 1.82) is 0 Å². The third-order valence-electron chi connectivity index (χ3n) is 4.62. The summed E-state index contributed by atoms with van der Waals surface area (Å²) in [6.07, 6.45) is 11.5. The molecule has 1 saturated heterocycles. The first kappa shape index (κ1) is 12.9. The molecular weight excluding hydrogens is 224 g/mol. The summed E-state index contributed by atoms with van der Waals surface area (Å²) in [4.78, 5) is 2.60. The zero-order valence-corrected chi connectivity index (χ0v) is 11.6. The van der Waals surface area contributed by atoms with Gasteiger partial charge in [0.05, 0.1) is 12.7 Å². The molecule has 3 heteroatoms. The van der Waals surface area contributed by atoms with Gasteiger partial charge in [0.25, 0.3) is 0 Å². The first-order valence-corrected chi connectivity index (χ1v) is 8.00. The Morgan fingerprint density at radius 3 is 2.56 bits per heavy atom. The Balaban J connectivity index is 1.31. The first-order valence-electron chi connectivity index (χ1n) is 8.00. The van der Waals surface area contributed by atoms with Crippen LogP contribution in [0.2, 0.25) is 0 Å². The second kappa shape index (κ2) is 6.36. The molecule has 0 spiro atoms. The van der Waals surface area contributed by atoms with Gasteiger partial charge in [-0.2, -0.15) is 0 Å². The van der Waals surface area contributed by atoms with Gasteiger partial charge in [0.1, 0.15) is 0 Å². The highest BCUT2D eigenvalue weighted by Crippen LogP contribution is 2.22. The fourth-order valence-electron chi connectivity index (χ4n) is 3.38. The van der Waals surface area contributed by atoms with Crippen LogP contribution in [0, 0.1) is 0 Å². The van der Waals surface area contributed by atoms with Gasteiger partial charge in [0.2, 0.25) is 0 Å². The third-order valence-corrected chi connectivity index (χ3v) is 4.62. The predicted molar refractivity (Wildman–Crippen MR) is 73.8 cm³/mol. The molecule has 0 aromatic rings. The second-order valence-corrected chi connectivity index (χ2v) is 6.36. The van der Waals surface area contributed by atoms with Crippen molar-refractivity contribution in [2.75, 3.05) is 26.2 Å². The van der Waals surface area contributed by atoms with Gasteiger partial charge in [-0.1, -0.05) is 12.8 Å². The van der Waals surface area contributed by atoms with E-state index in [1.54, 1.807) is 0 Å². The quantitative estimate of drug-likeness (QED) is 0.784. The lowest BCUT2D eigenvalue weighted by atomic mass is 10.1. The Labute approximate surface area is 111 Å². The number of hydrogen-bond acceptors (Lipinski definition) is 3. The molecule has 1 heterocycles. The maximum Gasteiger partial charge on any atom is 0.0597 e. The summed E-state index contributed by atoms with van der Waals surface area (Å²) in [5.74, 6) is 0. The van der Waals surface area contributed by atoms with Crippen LogP contribution in [0.25, 0.3) is 0 Å². The van der Waals surface area contributed by atoms with Crippen molar-refractivity contribution < 1.29 is 4.74 Å². The Bertz CT molecular complexity index is 249. The lowest BCUT2D eigenvalue weighted by Crippen LogP contribution is -2.47. The van der Waals surface area contributed by atoms with Crippen molar-refractivity contribution in [2.45, 2.75) is 69.6 Å². The van der Waals surface area contributed by atoms with Crippen molar-refractivity contribution >= 4 is 0 Å². The van der Waals surface area contributed by atoms with E-state index in [4.69, 9.17) is 4.74 Å². The Morgan fingerprint density at radius 1 is 0.944 bits per heavy atom. The van der Waals surface area contributed by atoms with E-state index in [1.807, 2.05) is 0 Å². The summed E-state index contributed by atoms with van der Waals surface area (Å²) >= 11 is 0. The van der Waals surface area contributed by atoms with E-state index < -0.39 is 0 Å². The Kier molecular flexibility index (Phi) is 4.55. The molecule has 0 amide bonds. The van der Waals surface area contributed by atoms with E-state index >= 15 is 0 Å². The SMILES string of the molecule is C1CCC(OCCN2CCCC(NC3CC3)C2)C1. The largest absolute Gasteiger partial charge is 0.377 e. The number of rotatable bonds is 6. The summed E-state index contributed by atoms with van der Waals surface area (Å²) in [6.45, 7) is 4.60. The molecule has 18 heavy (non-hydrogen) atoms. The van der Waals surface area contributed by atoms with E-state index in [0.29, 0.717) is 6.10 Å². The lowest BCUT2D eigenvalue weighted by Gasteiger charge is -2.33. The van der Waals surface area contributed by atoms with Gasteiger partial charge in [0, 0.05) is 25.2 Å². The normalized spacial score (nSPS) is 31.0. The fraction of sp³-hybridized carbons (Fsp3) is 1.00. The van der Waals surface area contributed by atoms with Crippen molar-refractivity contribution in [1.82, 2.24) is 10.2 Å². The molecule has 3 fully saturated rings. The summed E-state index contributed by atoms with van der Waals surface area (Å²) in [7, 11) is 0. The summed E-state index contributed by atoms with van der Waals surface area (Å²) in [5, 5.41) is 3.77. The van der Waals surface area contributed by atoms with E-state index in [9.17, 15) is 0 Å². The number of nitrogens with one attached hydrogen (secondary N) is 1. The van der Waals surface area contributed by atoms with Crippen LogP contribution < -0.4 is 5.32 Å². The van der Waals surface area contributed by atoms with Crippen molar-refractivity contribution in [3.05, 3.63) is 0 Å². The fourth-order valence-corrected chi connectivity index (χ4v) is 3.38. The molecule has 3 nitrogen and oxygen atoms in total. The van der Waals surface area contributed by atoms with Crippen LogP contribution in [0.1, 0.15) is 51.4 Å². The minimum atomic E-state index is 0.579. The monoisotopic (exact) mass is 252 g/mol. The zero-order valence-electron chi connectivity index (χ0n) is 11.6. The van der Waals surface area contributed by atoms with Crippen molar-refractivity contribution in [3.8, 4) is 0 Å². The summed E-state index contributed by atoms with van der Waals surface area (Å²) in [6, 6.07) is 1.60. The van der Waals surface area contributed by atoms with Gasteiger partial charge in [0.15, 0.2) is 0 Å². The van der Waals surface area contributed by atoms with Gasteiger partial charge in [-0.15, -0.1) is 0 Å². The number of hydrogen-bond donors (Lipinski definition) is 1. The second-order valence-electron chi connectivity index (χ2n) is 6.36. The maximum absolute atomic E-state index is 5.97. The first-order chi connectivity index (χ1) is 8.90. The van der Waals surface area contributed by atoms with Gasteiger partial charge in [-0.05, 0) is 45.1 Å². The van der Waals surface area contributed by atoms with E-state index in [2.05, 4.69) is 10.2 Å². The predicted octanol–water partition coefficient (Wildman–Crippen LogP) is 2.16. The number of piperidine rings is 1. The molecule has 0 aromatic heterocycles. The molecule has 104 valence electrons. The zero-order chi connectivity index (χ0) is 12.2. The summed E-state index contributed by atoms with van der Waals surface area (Å²) < 4.78 is 5.97. The van der Waals surface area contributed by atoms with Gasteiger partial charge in [-0.3, -0.25) is 4.90 Å².